The van der Waals surface area contributed by atoms with Gasteiger partial charge in [-0.05, 0) is 28.8 Å². The standard InChI is InChI=1S/C14H22OSi/c1-10(2)16(11(3)4)14-9-7-6-8-13(14)12(5)15-16/h6-12H,1-5H3/t12-/m0/s1. The van der Waals surface area contributed by atoms with Crippen molar-refractivity contribution in [2.24, 2.45) is 0 Å². The number of rotatable bonds is 2. The van der Waals surface area contributed by atoms with Crippen LogP contribution in [0.3, 0.4) is 0 Å². The highest BCUT2D eigenvalue weighted by Crippen LogP contribution is 2.42. The van der Waals surface area contributed by atoms with Gasteiger partial charge >= 0.3 is 0 Å². The predicted octanol–water partition coefficient (Wildman–Crippen LogP) is 3.75. The van der Waals surface area contributed by atoms with E-state index in [1.165, 1.54) is 10.8 Å². The van der Waals surface area contributed by atoms with E-state index < -0.39 is 8.32 Å². The summed E-state index contributed by atoms with van der Waals surface area (Å²) in [5.41, 5.74) is 2.70. The van der Waals surface area contributed by atoms with Crippen LogP contribution >= 0.6 is 0 Å². The van der Waals surface area contributed by atoms with Crippen LogP contribution in [0.15, 0.2) is 24.3 Å². The first kappa shape index (κ1) is 11.9. The first-order valence-corrected chi connectivity index (χ1v) is 8.33. The first-order chi connectivity index (χ1) is 7.50. The second kappa shape index (κ2) is 4.01. The summed E-state index contributed by atoms with van der Waals surface area (Å²) >= 11 is 0. The van der Waals surface area contributed by atoms with Gasteiger partial charge in [0.15, 0.2) is 0 Å². The van der Waals surface area contributed by atoms with Crippen LogP contribution in [-0.4, -0.2) is 8.32 Å². The van der Waals surface area contributed by atoms with E-state index in [4.69, 9.17) is 4.43 Å². The molecule has 0 N–H and O–H groups in total. The fourth-order valence-electron chi connectivity index (χ4n) is 3.19. The largest absolute Gasteiger partial charge is 0.405 e. The Hall–Kier alpha value is -0.603. The van der Waals surface area contributed by atoms with Gasteiger partial charge in [-0.15, -0.1) is 0 Å². The van der Waals surface area contributed by atoms with Crippen LogP contribution in [0.25, 0.3) is 0 Å². The van der Waals surface area contributed by atoms with E-state index in [-0.39, 0.29) is 6.10 Å². The molecule has 0 unspecified atom stereocenters. The van der Waals surface area contributed by atoms with Crippen LogP contribution in [-0.2, 0) is 4.43 Å². The molecule has 0 aromatic heterocycles. The van der Waals surface area contributed by atoms with Gasteiger partial charge in [-0.3, -0.25) is 0 Å². The quantitative estimate of drug-likeness (QED) is 0.708. The van der Waals surface area contributed by atoms with Crippen molar-refractivity contribution in [2.75, 3.05) is 0 Å². The molecule has 0 radical (unpaired) electrons. The maximum Gasteiger partial charge on any atom is 0.230 e. The van der Waals surface area contributed by atoms with Gasteiger partial charge in [0, 0.05) is 0 Å². The fourth-order valence-corrected chi connectivity index (χ4v) is 8.24. The smallest absolute Gasteiger partial charge is 0.230 e. The number of benzene rings is 1. The van der Waals surface area contributed by atoms with Gasteiger partial charge in [-0.25, -0.2) is 0 Å². The van der Waals surface area contributed by atoms with E-state index in [0.29, 0.717) is 11.1 Å². The van der Waals surface area contributed by atoms with Crippen LogP contribution in [0.5, 0.6) is 0 Å². The Morgan fingerprint density at radius 3 is 2.19 bits per heavy atom. The van der Waals surface area contributed by atoms with E-state index in [0.717, 1.165) is 0 Å². The van der Waals surface area contributed by atoms with Gasteiger partial charge in [0.25, 0.3) is 0 Å². The highest BCUT2D eigenvalue weighted by molar-refractivity contribution is 6.89. The molecular weight excluding hydrogens is 212 g/mol. The Balaban J connectivity index is 2.60. The lowest BCUT2D eigenvalue weighted by atomic mass is 10.1. The molecule has 0 bridgehead atoms. The van der Waals surface area contributed by atoms with Crippen molar-refractivity contribution in [3.8, 4) is 0 Å². The summed E-state index contributed by atoms with van der Waals surface area (Å²) in [5, 5.41) is 1.53. The van der Waals surface area contributed by atoms with Crippen LogP contribution in [0.4, 0.5) is 0 Å². The molecule has 0 aliphatic carbocycles. The van der Waals surface area contributed by atoms with Crippen molar-refractivity contribution in [3.05, 3.63) is 29.8 Å². The zero-order chi connectivity index (χ0) is 11.9. The van der Waals surface area contributed by atoms with Crippen LogP contribution in [0, 0.1) is 0 Å². The minimum Gasteiger partial charge on any atom is -0.405 e. The lowest BCUT2D eigenvalue weighted by Gasteiger charge is -2.35. The Labute approximate surface area is 100.0 Å². The number of hydrogen-bond acceptors (Lipinski definition) is 1. The Morgan fingerprint density at radius 1 is 1.06 bits per heavy atom. The predicted molar refractivity (Wildman–Crippen MR) is 71.5 cm³/mol. The van der Waals surface area contributed by atoms with E-state index in [2.05, 4.69) is 58.9 Å². The first-order valence-electron chi connectivity index (χ1n) is 6.27. The summed E-state index contributed by atoms with van der Waals surface area (Å²) in [4.78, 5) is 0. The molecule has 2 heteroatoms. The van der Waals surface area contributed by atoms with Crippen molar-refractivity contribution in [3.63, 3.8) is 0 Å². The third-order valence-corrected chi connectivity index (χ3v) is 9.38. The van der Waals surface area contributed by atoms with Crippen molar-refractivity contribution in [2.45, 2.75) is 51.8 Å². The van der Waals surface area contributed by atoms with Crippen molar-refractivity contribution < 1.29 is 4.43 Å². The van der Waals surface area contributed by atoms with Gasteiger partial charge < -0.3 is 4.43 Å². The molecule has 0 saturated heterocycles. The Bertz CT molecular complexity index is 376. The van der Waals surface area contributed by atoms with Crippen molar-refractivity contribution >= 4 is 13.5 Å². The minimum absolute atomic E-state index is 0.285. The molecule has 1 aromatic carbocycles. The van der Waals surface area contributed by atoms with E-state index in [1.807, 2.05) is 0 Å². The molecule has 0 saturated carbocycles. The molecule has 0 fully saturated rings. The average molecular weight is 234 g/mol. The maximum absolute atomic E-state index is 6.48. The zero-order valence-electron chi connectivity index (χ0n) is 10.9. The lowest BCUT2D eigenvalue weighted by Crippen LogP contribution is -2.52. The third kappa shape index (κ3) is 1.47. The van der Waals surface area contributed by atoms with Crippen LogP contribution < -0.4 is 5.19 Å². The molecule has 1 aliphatic heterocycles. The summed E-state index contributed by atoms with van der Waals surface area (Å²) < 4.78 is 6.48. The normalized spacial score (nSPS) is 22.8. The van der Waals surface area contributed by atoms with E-state index >= 15 is 0 Å². The molecule has 16 heavy (non-hydrogen) atoms. The highest BCUT2D eigenvalue weighted by atomic mass is 28.4. The zero-order valence-corrected chi connectivity index (χ0v) is 11.9. The summed E-state index contributed by atoms with van der Waals surface area (Å²) in [6, 6.07) is 8.82. The molecule has 2 rings (SSSR count). The second-order valence-electron chi connectivity index (χ2n) is 5.45. The summed E-state index contributed by atoms with van der Waals surface area (Å²) in [6.45, 7) is 11.5. The fraction of sp³-hybridized carbons (Fsp3) is 0.571. The Kier molecular flexibility index (Phi) is 2.97. The highest BCUT2D eigenvalue weighted by Gasteiger charge is 2.50. The summed E-state index contributed by atoms with van der Waals surface area (Å²) in [6.07, 6.45) is 0.285. The monoisotopic (exact) mass is 234 g/mol. The molecule has 1 nitrogen and oxygen atoms in total. The topological polar surface area (TPSA) is 9.23 Å². The average Bonchev–Trinajstić information content (AvgIpc) is 2.54. The van der Waals surface area contributed by atoms with Gasteiger partial charge in [-0.2, -0.15) is 0 Å². The van der Waals surface area contributed by atoms with E-state index in [1.54, 1.807) is 0 Å². The molecule has 1 atom stereocenters. The van der Waals surface area contributed by atoms with Gasteiger partial charge in [-0.1, -0.05) is 52.0 Å². The molecule has 1 aromatic rings. The molecule has 88 valence electrons. The van der Waals surface area contributed by atoms with Gasteiger partial charge in [0.2, 0.25) is 8.32 Å². The molecule has 1 heterocycles. The number of hydrogen-bond donors (Lipinski definition) is 0. The van der Waals surface area contributed by atoms with Crippen LogP contribution in [0.2, 0.25) is 11.1 Å². The summed E-state index contributed by atoms with van der Waals surface area (Å²) in [7, 11) is -1.77. The third-order valence-electron chi connectivity index (χ3n) is 3.91. The lowest BCUT2D eigenvalue weighted by molar-refractivity contribution is 0.223. The minimum atomic E-state index is -1.77. The van der Waals surface area contributed by atoms with E-state index in [9.17, 15) is 0 Å². The second-order valence-corrected chi connectivity index (χ2v) is 10.1. The SMILES string of the molecule is CC(C)[Si]1(C(C)C)O[C@@H](C)c2ccccc21. The van der Waals surface area contributed by atoms with Gasteiger partial charge in [0.1, 0.15) is 0 Å². The van der Waals surface area contributed by atoms with Gasteiger partial charge in [0.05, 0.1) is 6.10 Å². The molecular formula is C14H22OSi. The number of fused-ring (bicyclic) bond motifs is 1. The van der Waals surface area contributed by atoms with Crippen molar-refractivity contribution in [1.29, 1.82) is 0 Å². The van der Waals surface area contributed by atoms with Crippen molar-refractivity contribution in [1.82, 2.24) is 0 Å². The maximum atomic E-state index is 6.48. The van der Waals surface area contributed by atoms with Crippen LogP contribution in [0.1, 0.15) is 46.3 Å². The molecule has 1 aliphatic rings. The molecule has 0 amide bonds. The summed E-state index contributed by atoms with van der Waals surface area (Å²) in [5.74, 6) is 0. The Morgan fingerprint density at radius 2 is 1.62 bits per heavy atom. The molecule has 0 spiro atoms.